The van der Waals surface area contributed by atoms with Gasteiger partial charge < -0.3 is 24.9 Å². The second kappa shape index (κ2) is 10.1. The fourth-order valence-electron chi connectivity index (χ4n) is 2.96. The summed E-state index contributed by atoms with van der Waals surface area (Å²) in [5, 5.41) is 2.81. The molecule has 3 rings (SSSR count). The van der Waals surface area contributed by atoms with Gasteiger partial charge in [-0.15, -0.1) is 11.3 Å². The first kappa shape index (κ1) is 23.1. The quantitative estimate of drug-likeness (QED) is 0.459. The molecule has 0 saturated heterocycles. The number of nitrogens with one attached hydrogen (secondary N) is 1. The highest BCUT2D eigenvalue weighted by atomic mass is 32.1. The zero-order valence-electron chi connectivity index (χ0n) is 18.0. The number of primary amides is 1. The smallest absolute Gasteiger partial charge is 0.341 e. The van der Waals surface area contributed by atoms with Gasteiger partial charge in [-0.1, -0.05) is 25.1 Å². The number of carbonyl (C=O) groups excluding carboxylic acids is 3. The standard InChI is InChI=1S/C23H24N2O6S/c1-4-11-29-23(28)18-14(3)19(20(24)26)32-22(18)25-21(27)17-10-9-15(31-17)12-30-16-8-6-5-7-13(16)2/h5-10H,4,11-12H2,1-3H3,(H2,24,26)(H,25,27). The summed E-state index contributed by atoms with van der Waals surface area (Å²) >= 11 is 0.921. The maximum absolute atomic E-state index is 12.7. The average Bonchev–Trinajstić information content (AvgIpc) is 3.36. The van der Waals surface area contributed by atoms with E-state index in [2.05, 4.69) is 5.32 Å². The van der Waals surface area contributed by atoms with Crippen molar-refractivity contribution < 1.29 is 28.3 Å². The van der Waals surface area contributed by atoms with E-state index in [9.17, 15) is 14.4 Å². The number of anilines is 1. The van der Waals surface area contributed by atoms with Crippen LogP contribution in [0.5, 0.6) is 5.75 Å². The predicted octanol–water partition coefficient (Wildman–Crippen LogP) is 4.45. The number of amides is 2. The summed E-state index contributed by atoms with van der Waals surface area (Å²) in [5.74, 6) is -0.678. The monoisotopic (exact) mass is 456 g/mol. The number of nitrogens with two attached hydrogens (primary N) is 1. The summed E-state index contributed by atoms with van der Waals surface area (Å²) in [5.41, 5.74) is 6.87. The predicted molar refractivity (Wildman–Crippen MR) is 120 cm³/mol. The summed E-state index contributed by atoms with van der Waals surface area (Å²) in [6.45, 7) is 5.75. The minimum atomic E-state index is -0.689. The second-order valence-corrected chi connectivity index (χ2v) is 8.06. The molecule has 0 aliphatic carbocycles. The van der Waals surface area contributed by atoms with Gasteiger partial charge in [0.05, 0.1) is 17.0 Å². The topological polar surface area (TPSA) is 121 Å². The molecule has 0 aliphatic heterocycles. The first-order valence-electron chi connectivity index (χ1n) is 10.0. The molecule has 2 amide bonds. The summed E-state index contributed by atoms with van der Waals surface area (Å²) in [6.07, 6.45) is 0.638. The lowest BCUT2D eigenvalue weighted by molar-refractivity contribution is 0.0506. The minimum Gasteiger partial charge on any atom is -0.485 e. The Kier molecular flexibility index (Phi) is 7.32. The van der Waals surface area contributed by atoms with Crippen molar-refractivity contribution in [2.45, 2.75) is 33.8 Å². The average molecular weight is 457 g/mol. The Morgan fingerprint density at radius 2 is 1.88 bits per heavy atom. The van der Waals surface area contributed by atoms with Gasteiger partial charge >= 0.3 is 5.97 Å². The first-order valence-corrected chi connectivity index (χ1v) is 10.8. The van der Waals surface area contributed by atoms with Crippen LogP contribution in [0.25, 0.3) is 0 Å². The molecule has 2 aromatic heterocycles. The number of esters is 1. The van der Waals surface area contributed by atoms with Crippen molar-refractivity contribution in [1.29, 1.82) is 0 Å². The summed E-state index contributed by atoms with van der Waals surface area (Å²) in [7, 11) is 0. The van der Waals surface area contributed by atoms with E-state index >= 15 is 0 Å². The zero-order valence-corrected chi connectivity index (χ0v) is 18.8. The van der Waals surface area contributed by atoms with Gasteiger partial charge in [0.15, 0.2) is 5.76 Å². The molecule has 32 heavy (non-hydrogen) atoms. The van der Waals surface area contributed by atoms with Crippen LogP contribution in [0.3, 0.4) is 0 Å². The summed E-state index contributed by atoms with van der Waals surface area (Å²) < 4.78 is 16.5. The van der Waals surface area contributed by atoms with Gasteiger partial charge in [-0.3, -0.25) is 9.59 Å². The number of ether oxygens (including phenoxy) is 2. The third-order valence-corrected chi connectivity index (χ3v) is 5.81. The third-order valence-electron chi connectivity index (χ3n) is 4.59. The van der Waals surface area contributed by atoms with Gasteiger partial charge in [0.25, 0.3) is 11.8 Å². The molecule has 3 N–H and O–H groups in total. The van der Waals surface area contributed by atoms with Crippen molar-refractivity contribution in [3.8, 4) is 5.75 Å². The maximum Gasteiger partial charge on any atom is 0.341 e. The van der Waals surface area contributed by atoms with Crippen LogP contribution >= 0.6 is 11.3 Å². The Balaban J connectivity index is 1.75. The first-order chi connectivity index (χ1) is 15.3. The lowest BCUT2D eigenvalue weighted by Gasteiger charge is -2.07. The highest BCUT2D eigenvalue weighted by Crippen LogP contribution is 2.34. The van der Waals surface area contributed by atoms with Crippen LogP contribution < -0.4 is 15.8 Å². The number of thiophene rings is 1. The van der Waals surface area contributed by atoms with Crippen LogP contribution in [0.2, 0.25) is 0 Å². The van der Waals surface area contributed by atoms with Gasteiger partial charge in [-0.2, -0.15) is 0 Å². The molecule has 0 aliphatic rings. The number of benzene rings is 1. The van der Waals surface area contributed by atoms with Crippen LogP contribution in [0, 0.1) is 13.8 Å². The Morgan fingerprint density at radius 3 is 2.56 bits per heavy atom. The van der Waals surface area contributed by atoms with E-state index in [1.807, 2.05) is 38.1 Å². The van der Waals surface area contributed by atoms with E-state index in [1.54, 1.807) is 13.0 Å². The summed E-state index contributed by atoms with van der Waals surface area (Å²) in [4.78, 5) is 37.1. The van der Waals surface area contributed by atoms with Crippen LogP contribution in [0.1, 0.15) is 60.8 Å². The van der Waals surface area contributed by atoms with Crippen molar-refractivity contribution in [2.75, 3.05) is 11.9 Å². The number of hydrogen-bond acceptors (Lipinski definition) is 7. The van der Waals surface area contributed by atoms with Crippen molar-refractivity contribution in [3.05, 3.63) is 69.5 Å². The van der Waals surface area contributed by atoms with Crippen molar-refractivity contribution in [1.82, 2.24) is 0 Å². The van der Waals surface area contributed by atoms with Crippen molar-refractivity contribution in [2.24, 2.45) is 5.73 Å². The molecule has 2 heterocycles. The summed E-state index contributed by atoms with van der Waals surface area (Å²) in [6, 6.07) is 10.7. The fourth-order valence-corrected chi connectivity index (χ4v) is 4.00. The molecule has 0 fully saturated rings. The number of para-hydroxylation sites is 1. The van der Waals surface area contributed by atoms with E-state index in [0.29, 0.717) is 17.7 Å². The van der Waals surface area contributed by atoms with Gasteiger partial charge in [-0.05, 0) is 49.6 Å². The van der Waals surface area contributed by atoms with Crippen LogP contribution in [-0.2, 0) is 11.3 Å². The molecule has 0 saturated carbocycles. The van der Waals surface area contributed by atoms with E-state index in [4.69, 9.17) is 19.6 Å². The number of carbonyl (C=O) groups is 3. The largest absolute Gasteiger partial charge is 0.485 e. The number of furan rings is 1. The molecule has 9 heteroatoms. The molecule has 0 spiro atoms. The molecule has 0 atom stereocenters. The molecule has 0 unspecified atom stereocenters. The lowest BCUT2D eigenvalue weighted by atomic mass is 10.1. The maximum atomic E-state index is 12.7. The molecule has 168 valence electrons. The Hall–Kier alpha value is -3.59. The van der Waals surface area contributed by atoms with E-state index in [-0.39, 0.29) is 34.4 Å². The molecular formula is C23H24N2O6S. The van der Waals surface area contributed by atoms with Crippen LogP contribution in [-0.4, -0.2) is 24.4 Å². The van der Waals surface area contributed by atoms with Gasteiger partial charge in [0.1, 0.15) is 23.1 Å². The van der Waals surface area contributed by atoms with Crippen molar-refractivity contribution >= 4 is 34.1 Å². The molecular weight excluding hydrogens is 432 g/mol. The molecule has 3 aromatic rings. The minimum absolute atomic E-state index is 0.0351. The SMILES string of the molecule is CCCOC(=O)c1c(NC(=O)c2ccc(COc3ccccc3C)o2)sc(C(N)=O)c1C. The van der Waals surface area contributed by atoms with E-state index in [1.165, 1.54) is 6.07 Å². The van der Waals surface area contributed by atoms with Crippen LogP contribution in [0.15, 0.2) is 40.8 Å². The number of hydrogen-bond donors (Lipinski definition) is 2. The highest BCUT2D eigenvalue weighted by molar-refractivity contribution is 7.18. The van der Waals surface area contributed by atoms with Gasteiger partial charge in [0, 0.05) is 0 Å². The third kappa shape index (κ3) is 5.17. The van der Waals surface area contributed by atoms with E-state index in [0.717, 1.165) is 22.6 Å². The fraction of sp³-hybridized carbons (Fsp3) is 0.261. The molecule has 0 radical (unpaired) electrons. The Bertz CT molecular complexity index is 1150. The van der Waals surface area contributed by atoms with Crippen LogP contribution in [0.4, 0.5) is 5.00 Å². The normalized spacial score (nSPS) is 10.6. The Labute approximate surface area is 189 Å². The molecule has 0 bridgehead atoms. The van der Waals surface area contributed by atoms with Crippen molar-refractivity contribution in [3.63, 3.8) is 0 Å². The lowest BCUT2D eigenvalue weighted by Crippen LogP contribution is -2.15. The Morgan fingerprint density at radius 1 is 1.12 bits per heavy atom. The van der Waals surface area contributed by atoms with E-state index < -0.39 is 17.8 Å². The molecule has 1 aromatic carbocycles. The second-order valence-electron chi connectivity index (χ2n) is 7.03. The zero-order chi connectivity index (χ0) is 23.3. The van der Waals surface area contributed by atoms with Gasteiger partial charge in [0.2, 0.25) is 0 Å². The number of aryl methyl sites for hydroxylation is 1. The van der Waals surface area contributed by atoms with Gasteiger partial charge in [-0.25, -0.2) is 4.79 Å². The highest BCUT2D eigenvalue weighted by Gasteiger charge is 2.26. The molecule has 8 nitrogen and oxygen atoms in total. The number of rotatable bonds is 9.